The van der Waals surface area contributed by atoms with Crippen molar-refractivity contribution >= 4 is 29.1 Å². The number of hydrogen-bond donors (Lipinski definition) is 2. The fourth-order valence-corrected chi connectivity index (χ4v) is 3.33. The maximum atomic E-state index is 14.5. The van der Waals surface area contributed by atoms with E-state index in [9.17, 15) is 9.18 Å². The van der Waals surface area contributed by atoms with Gasteiger partial charge in [0.15, 0.2) is 5.69 Å². The number of hydrogen-bond acceptors (Lipinski definition) is 4. The lowest BCUT2D eigenvalue weighted by atomic mass is 10.1. The number of nitrogens with one attached hydrogen (secondary N) is 1. The number of carbonyl (C=O) groups is 1. The minimum absolute atomic E-state index is 0.156. The molecule has 0 aliphatic heterocycles. The molecule has 0 unspecified atom stereocenters. The molecule has 3 N–H and O–H groups in total. The molecule has 0 saturated carbocycles. The summed E-state index contributed by atoms with van der Waals surface area (Å²) in [7, 11) is 0. The Morgan fingerprint density at radius 2 is 2.16 bits per heavy atom. The first kappa shape index (κ1) is 17.3. The Hall–Kier alpha value is -2.54. The molecular formula is C18H19FN4OS. The number of benzene rings is 1. The Morgan fingerprint density at radius 1 is 1.36 bits per heavy atom. The van der Waals surface area contributed by atoms with Gasteiger partial charge in [0.2, 0.25) is 0 Å². The highest BCUT2D eigenvalue weighted by atomic mass is 32.2. The number of nitrogen functional groups attached to an aromatic ring is 1. The van der Waals surface area contributed by atoms with Crippen LogP contribution in [0.3, 0.4) is 0 Å². The monoisotopic (exact) mass is 358 g/mol. The zero-order chi connectivity index (χ0) is 18.0. The zero-order valence-electron chi connectivity index (χ0n) is 14.0. The van der Waals surface area contributed by atoms with E-state index >= 15 is 0 Å². The summed E-state index contributed by atoms with van der Waals surface area (Å²) in [4.78, 5) is 17.5. The van der Waals surface area contributed by atoms with Crippen LogP contribution in [-0.4, -0.2) is 28.1 Å². The van der Waals surface area contributed by atoms with Crippen molar-refractivity contribution in [1.82, 2.24) is 14.7 Å². The third-order valence-electron chi connectivity index (χ3n) is 3.90. The summed E-state index contributed by atoms with van der Waals surface area (Å²) in [5.41, 5.74) is 7.79. The van der Waals surface area contributed by atoms with Gasteiger partial charge >= 0.3 is 0 Å². The van der Waals surface area contributed by atoms with Crippen molar-refractivity contribution in [3.63, 3.8) is 0 Å². The predicted octanol–water partition coefficient (Wildman–Crippen LogP) is 3.58. The number of fused-ring (bicyclic) bond motifs is 1. The summed E-state index contributed by atoms with van der Waals surface area (Å²) in [6, 6.07) is 8.50. The molecule has 0 radical (unpaired) electrons. The standard InChI is InChI=1S/C18H19FN4OS/c1-3-9-21-18(24)15-16(20)23-10-5-6-11(17(23)22-15)14-12(19)7-4-8-13(14)25-2/h4-8,10H,3,9,20H2,1-2H3,(H,21,24). The highest BCUT2D eigenvalue weighted by Gasteiger charge is 2.21. The summed E-state index contributed by atoms with van der Waals surface area (Å²) in [6.07, 6.45) is 4.43. The Kier molecular flexibility index (Phi) is 4.94. The van der Waals surface area contributed by atoms with E-state index in [-0.39, 0.29) is 23.2 Å². The number of nitrogens with zero attached hydrogens (tertiary/aromatic N) is 2. The molecule has 2 aromatic heterocycles. The number of carbonyl (C=O) groups excluding carboxylic acids is 1. The fourth-order valence-electron chi connectivity index (χ4n) is 2.71. The van der Waals surface area contributed by atoms with Gasteiger partial charge in [-0.15, -0.1) is 11.8 Å². The molecule has 2 heterocycles. The third-order valence-corrected chi connectivity index (χ3v) is 4.68. The van der Waals surface area contributed by atoms with Gasteiger partial charge in [0.05, 0.1) is 0 Å². The molecule has 0 aliphatic carbocycles. The number of pyridine rings is 1. The Balaban J connectivity index is 2.21. The second-order valence-electron chi connectivity index (χ2n) is 5.53. The molecule has 0 atom stereocenters. The average Bonchev–Trinajstić information content (AvgIpc) is 2.96. The van der Waals surface area contributed by atoms with Crippen LogP contribution in [0.2, 0.25) is 0 Å². The van der Waals surface area contributed by atoms with Crippen molar-refractivity contribution in [2.45, 2.75) is 18.2 Å². The molecule has 3 aromatic rings. The van der Waals surface area contributed by atoms with Crippen LogP contribution >= 0.6 is 11.8 Å². The van der Waals surface area contributed by atoms with Gasteiger partial charge in [-0.2, -0.15) is 0 Å². The average molecular weight is 358 g/mol. The van der Waals surface area contributed by atoms with E-state index in [2.05, 4.69) is 10.3 Å². The minimum atomic E-state index is -0.335. The SMILES string of the molecule is CCCNC(=O)c1nc2c(-c3c(F)cccc3SC)cccn2c1N. The van der Waals surface area contributed by atoms with Gasteiger partial charge < -0.3 is 11.1 Å². The van der Waals surface area contributed by atoms with E-state index in [0.29, 0.717) is 23.3 Å². The number of nitrogens with two attached hydrogens (primary N) is 1. The predicted molar refractivity (Wildman–Crippen MR) is 99.4 cm³/mol. The van der Waals surface area contributed by atoms with Crippen LogP contribution in [0.4, 0.5) is 10.2 Å². The summed E-state index contributed by atoms with van der Waals surface area (Å²) in [5.74, 6) is -0.418. The van der Waals surface area contributed by atoms with Gasteiger partial charge in [-0.25, -0.2) is 9.37 Å². The molecule has 1 aromatic carbocycles. The number of thioether (sulfide) groups is 1. The fraction of sp³-hybridized carbons (Fsp3) is 0.222. The van der Waals surface area contributed by atoms with Crippen LogP contribution in [0.5, 0.6) is 0 Å². The first-order valence-electron chi connectivity index (χ1n) is 7.96. The van der Waals surface area contributed by atoms with Gasteiger partial charge in [0, 0.05) is 28.8 Å². The second kappa shape index (κ2) is 7.14. The number of halogens is 1. The first-order valence-corrected chi connectivity index (χ1v) is 9.18. The van der Waals surface area contributed by atoms with E-state index in [1.54, 1.807) is 28.8 Å². The van der Waals surface area contributed by atoms with Crippen molar-refractivity contribution in [3.8, 4) is 11.1 Å². The van der Waals surface area contributed by atoms with E-state index in [1.807, 2.05) is 19.2 Å². The molecule has 5 nitrogen and oxygen atoms in total. The maximum Gasteiger partial charge on any atom is 0.273 e. The highest BCUT2D eigenvalue weighted by molar-refractivity contribution is 7.98. The lowest BCUT2D eigenvalue weighted by Gasteiger charge is -2.10. The van der Waals surface area contributed by atoms with E-state index in [0.717, 1.165) is 11.3 Å². The van der Waals surface area contributed by atoms with Crippen LogP contribution in [-0.2, 0) is 0 Å². The van der Waals surface area contributed by atoms with Crippen LogP contribution in [0.15, 0.2) is 41.4 Å². The number of anilines is 1. The molecule has 3 rings (SSSR count). The van der Waals surface area contributed by atoms with E-state index in [4.69, 9.17) is 5.73 Å². The Labute approximate surface area is 149 Å². The molecule has 0 fully saturated rings. The van der Waals surface area contributed by atoms with Crippen molar-refractivity contribution in [3.05, 3.63) is 48.0 Å². The van der Waals surface area contributed by atoms with Gasteiger partial charge in [-0.05, 0) is 36.9 Å². The lowest BCUT2D eigenvalue weighted by Crippen LogP contribution is -2.25. The van der Waals surface area contributed by atoms with Crippen molar-refractivity contribution in [1.29, 1.82) is 0 Å². The van der Waals surface area contributed by atoms with E-state index in [1.165, 1.54) is 17.8 Å². The lowest BCUT2D eigenvalue weighted by molar-refractivity contribution is 0.0950. The number of imidazole rings is 1. The first-order chi connectivity index (χ1) is 12.1. The van der Waals surface area contributed by atoms with E-state index < -0.39 is 0 Å². The topological polar surface area (TPSA) is 72.4 Å². The largest absolute Gasteiger partial charge is 0.383 e. The number of rotatable bonds is 5. The van der Waals surface area contributed by atoms with Gasteiger partial charge in [0.25, 0.3) is 5.91 Å². The summed E-state index contributed by atoms with van der Waals surface area (Å²) >= 11 is 1.45. The zero-order valence-corrected chi connectivity index (χ0v) is 14.9. The quantitative estimate of drug-likeness (QED) is 0.684. The number of amides is 1. The van der Waals surface area contributed by atoms with Crippen LogP contribution in [0.25, 0.3) is 16.8 Å². The molecule has 7 heteroatoms. The molecule has 0 spiro atoms. The van der Waals surface area contributed by atoms with Gasteiger partial charge in [0.1, 0.15) is 17.3 Å². The molecule has 0 aliphatic rings. The molecule has 0 bridgehead atoms. The summed E-state index contributed by atoms with van der Waals surface area (Å²) in [6.45, 7) is 2.51. The second-order valence-corrected chi connectivity index (χ2v) is 6.38. The Bertz CT molecular complexity index is 938. The van der Waals surface area contributed by atoms with Gasteiger partial charge in [-0.1, -0.05) is 13.0 Å². The summed E-state index contributed by atoms with van der Waals surface area (Å²) < 4.78 is 16.1. The van der Waals surface area contributed by atoms with Crippen LogP contribution in [0, 0.1) is 5.82 Å². The van der Waals surface area contributed by atoms with Crippen LogP contribution < -0.4 is 11.1 Å². The Morgan fingerprint density at radius 3 is 2.88 bits per heavy atom. The van der Waals surface area contributed by atoms with Gasteiger partial charge in [-0.3, -0.25) is 9.20 Å². The number of aromatic nitrogens is 2. The molecule has 25 heavy (non-hydrogen) atoms. The maximum absolute atomic E-state index is 14.5. The summed E-state index contributed by atoms with van der Waals surface area (Å²) in [5, 5.41) is 2.77. The van der Waals surface area contributed by atoms with Crippen molar-refractivity contribution in [2.24, 2.45) is 0 Å². The molecular weight excluding hydrogens is 339 g/mol. The van der Waals surface area contributed by atoms with Crippen LogP contribution in [0.1, 0.15) is 23.8 Å². The minimum Gasteiger partial charge on any atom is -0.383 e. The third kappa shape index (κ3) is 3.07. The molecule has 0 saturated heterocycles. The normalized spacial score (nSPS) is 11.0. The molecule has 1 amide bonds. The highest BCUT2D eigenvalue weighted by Crippen LogP contribution is 2.35. The molecule has 130 valence electrons. The smallest absolute Gasteiger partial charge is 0.273 e. The van der Waals surface area contributed by atoms with Crippen molar-refractivity contribution < 1.29 is 9.18 Å². The van der Waals surface area contributed by atoms with Crippen molar-refractivity contribution in [2.75, 3.05) is 18.5 Å².